The van der Waals surface area contributed by atoms with Crippen LogP contribution in [0.1, 0.15) is 6.42 Å². The minimum absolute atomic E-state index is 0.0419. The smallest absolute Gasteiger partial charge is 0.243 e. The molecule has 64 valence electrons. The maximum atomic E-state index is 11.3. The zero-order valence-corrected chi connectivity index (χ0v) is 7.26. The molecule has 2 fully saturated rings. The van der Waals surface area contributed by atoms with Crippen molar-refractivity contribution >= 4 is 28.7 Å². The number of imide groups is 1. The van der Waals surface area contributed by atoms with Crippen LogP contribution in [0.3, 0.4) is 0 Å². The minimum atomic E-state index is -0.421. The summed E-state index contributed by atoms with van der Waals surface area (Å²) in [6.45, 7) is 0. The SMILES string of the molecule is CN1C(=O)C2CC(=O)SC2C1=O. The van der Waals surface area contributed by atoms with E-state index in [0.29, 0.717) is 0 Å². The first-order valence-corrected chi connectivity index (χ1v) is 4.50. The fraction of sp³-hybridized carbons (Fsp3) is 0.571. The van der Waals surface area contributed by atoms with E-state index in [4.69, 9.17) is 0 Å². The van der Waals surface area contributed by atoms with Gasteiger partial charge in [0.1, 0.15) is 5.25 Å². The average Bonchev–Trinajstić information content (AvgIpc) is 2.49. The molecule has 2 saturated heterocycles. The molecule has 0 saturated carbocycles. The van der Waals surface area contributed by atoms with Gasteiger partial charge in [0.2, 0.25) is 11.8 Å². The second-order valence-corrected chi connectivity index (χ2v) is 4.16. The molecule has 0 aromatic rings. The number of hydrogen-bond donors (Lipinski definition) is 0. The predicted molar refractivity (Wildman–Crippen MR) is 42.3 cm³/mol. The Morgan fingerprint density at radius 3 is 2.58 bits per heavy atom. The number of hydrogen-bond acceptors (Lipinski definition) is 4. The molecule has 2 aliphatic heterocycles. The summed E-state index contributed by atoms with van der Waals surface area (Å²) in [5.41, 5.74) is 0. The topological polar surface area (TPSA) is 54.5 Å². The monoisotopic (exact) mass is 185 g/mol. The summed E-state index contributed by atoms with van der Waals surface area (Å²) in [4.78, 5) is 34.6. The summed E-state index contributed by atoms with van der Waals surface area (Å²) < 4.78 is 0. The van der Waals surface area contributed by atoms with Crippen molar-refractivity contribution in [2.75, 3.05) is 7.05 Å². The third-order valence-electron chi connectivity index (χ3n) is 2.23. The second-order valence-electron chi connectivity index (χ2n) is 2.96. The summed E-state index contributed by atoms with van der Waals surface area (Å²) in [5, 5.41) is -0.463. The highest BCUT2D eigenvalue weighted by Crippen LogP contribution is 2.39. The molecule has 2 heterocycles. The molecule has 2 atom stereocenters. The van der Waals surface area contributed by atoms with Crippen LogP contribution in [0.15, 0.2) is 0 Å². The highest BCUT2D eigenvalue weighted by atomic mass is 32.2. The van der Waals surface area contributed by atoms with Crippen LogP contribution in [0.2, 0.25) is 0 Å². The van der Waals surface area contributed by atoms with Gasteiger partial charge in [0.05, 0.1) is 5.92 Å². The Morgan fingerprint density at radius 1 is 1.33 bits per heavy atom. The van der Waals surface area contributed by atoms with Crippen molar-refractivity contribution in [2.24, 2.45) is 5.92 Å². The van der Waals surface area contributed by atoms with Gasteiger partial charge in [0, 0.05) is 13.5 Å². The van der Waals surface area contributed by atoms with Crippen molar-refractivity contribution in [3.05, 3.63) is 0 Å². The van der Waals surface area contributed by atoms with Crippen molar-refractivity contribution in [1.82, 2.24) is 4.90 Å². The highest BCUT2D eigenvalue weighted by molar-refractivity contribution is 8.15. The lowest BCUT2D eigenvalue weighted by Gasteiger charge is -2.06. The molecule has 2 aliphatic rings. The molecule has 5 heteroatoms. The van der Waals surface area contributed by atoms with Gasteiger partial charge in [0.25, 0.3) is 0 Å². The molecule has 2 unspecified atom stereocenters. The Balaban J connectivity index is 2.32. The normalized spacial score (nSPS) is 34.8. The van der Waals surface area contributed by atoms with Gasteiger partial charge in [-0.25, -0.2) is 0 Å². The van der Waals surface area contributed by atoms with Crippen LogP contribution in [-0.4, -0.2) is 34.1 Å². The molecule has 0 spiro atoms. The Bertz CT molecular complexity index is 262. The Labute approximate surface area is 73.3 Å². The number of carbonyl (C=O) groups excluding carboxylic acids is 3. The maximum absolute atomic E-state index is 11.3. The number of likely N-dealkylation sites (tertiary alicyclic amines) is 1. The first-order chi connectivity index (χ1) is 5.61. The van der Waals surface area contributed by atoms with Crippen molar-refractivity contribution < 1.29 is 14.4 Å². The minimum Gasteiger partial charge on any atom is -0.287 e. The largest absolute Gasteiger partial charge is 0.287 e. The second kappa shape index (κ2) is 2.32. The van der Waals surface area contributed by atoms with Gasteiger partial charge >= 0.3 is 0 Å². The Hall–Kier alpha value is -0.840. The van der Waals surface area contributed by atoms with Crippen LogP contribution in [-0.2, 0) is 14.4 Å². The summed E-state index contributed by atoms with van der Waals surface area (Å²) in [6, 6.07) is 0. The van der Waals surface area contributed by atoms with E-state index in [1.807, 2.05) is 0 Å². The average molecular weight is 185 g/mol. The summed E-state index contributed by atoms with van der Waals surface area (Å²) in [5.74, 6) is -0.802. The standard InChI is InChI=1S/C7H7NO3S/c1-8-6(10)3-2-4(9)12-5(3)7(8)11/h3,5H,2H2,1H3. The van der Waals surface area contributed by atoms with E-state index in [-0.39, 0.29) is 29.3 Å². The van der Waals surface area contributed by atoms with E-state index >= 15 is 0 Å². The number of fused-ring (bicyclic) bond motifs is 1. The van der Waals surface area contributed by atoms with Crippen molar-refractivity contribution in [1.29, 1.82) is 0 Å². The molecule has 0 aromatic carbocycles. The molecule has 12 heavy (non-hydrogen) atoms. The Kier molecular flexibility index (Phi) is 1.51. The maximum Gasteiger partial charge on any atom is 0.243 e. The van der Waals surface area contributed by atoms with Crippen molar-refractivity contribution in [3.8, 4) is 0 Å². The fourth-order valence-electron chi connectivity index (χ4n) is 1.55. The predicted octanol–water partition coefficient (Wildman–Crippen LogP) is -0.367. The van der Waals surface area contributed by atoms with E-state index in [1.54, 1.807) is 0 Å². The molecular formula is C7H7NO3S. The molecular weight excluding hydrogens is 178 g/mol. The number of thioether (sulfide) groups is 1. The molecule has 0 aromatic heterocycles. The van der Waals surface area contributed by atoms with Gasteiger partial charge in [-0.1, -0.05) is 11.8 Å². The lowest BCUT2D eigenvalue weighted by atomic mass is 10.1. The van der Waals surface area contributed by atoms with Crippen molar-refractivity contribution in [2.45, 2.75) is 11.7 Å². The number of rotatable bonds is 0. The van der Waals surface area contributed by atoms with Crippen LogP contribution in [0.25, 0.3) is 0 Å². The van der Waals surface area contributed by atoms with E-state index in [0.717, 1.165) is 16.7 Å². The van der Waals surface area contributed by atoms with Gasteiger partial charge in [0.15, 0.2) is 5.12 Å². The summed E-state index contributed by atoms with van der Waals surface area (Å²) in [7, 11) is 1.47. The third-order valence-corrected chi connectivity index (χ3v) is 3.45. The number of nitrogens with zero attached hydrogens (tertiary/aromatic N) is 1. The lowest BCUT2D eigenvalue weighted by molar-refractivity contribution is -0.138. The van der Waals surface area contributed by atoms with Gasteiger partial charge in [-0.15, -0.1) is 0 Å². The van der Waals surface area contributed by atoms with Gasteiger partial charge in [-0.2, -0.15) is 0 Å². The van der Waals surface area contributed by atoms with Gasteiger partial charge in [-0.3, -0.25) is 19.3 Å². The quantitative estimate of drug-likeness (QED) is 0.483. The van der Waals surface area contributed by atoms with Crippen LogP contribution in [0.5, 0.6) is 0 Å². The molecule has 0 radical (unpaired) electrons. The number of carbonyl (C=O) groups is 3. The summed E-state index contributed by atoms with van der Waals surface area (Å²) in [6.07, 6.45) is 0.226. The fourth-order valence-corrected chi connectivity index (χ4v) is 2.74. The third kappa shape index (κ3) is 0.827. The lowest BCUT2D eigenvalue weighted by Crippen LogP contribution is -2.27. The summed E-state index contributed by atoms with van der Waals surface area (Å²) >= 11 is 1.00. The molecule has 2 amide bonds. The molecule has 0 bridgehead atoms. The molecule has 4 nitrogen and oxygen atoms in total. The highest BCUT2D eigenvalue weighted by Gasteiger charge is 2.52. The first kappa shape index (κ1) is 7.79. The van der Waals surface area contributed by atoms with Crippen LogP contribution in [0.4, 0.5) is 0 Å². The molecule has 0 N–H and O–H groups in total. The zero-order valence-electron chi connectivity index (χ0n) is 6.44. The van der Waals surface area contributed by atoms with E-state index in [2.05, 4.69) is 0 Å². The van der Waals surface area contributed by atoms with Gasteiger partial charge < -0.3 is 0 Å². The molecule has 0 aliphatic carbocycles. The molecule has 2 rings (SSSR count). The van der Waals surface area contributed by atoms with Crippen LogP contribution < -0.4 is 0 Å². The van der Waals surface area contributed by atoms with Crippen LogP contribution >= 0.6 is 11.8 Å². The number of amides is 2. The Morgan fingerprint density at radius 2 is 2.00 bits per heavy atom. The van der Waals surface area contributed by atoms with Crippen molar-refractivity contribution in [3.63, 3.8) is 0 Å². The zero-order chi connectivity index (χ0) is 8.88. The van der Waals surface area contributed by atoms with Gasteiger partial charge in [-0.05, 0) is 0 Å². The van der Waals surface area contributed by atoms with E-state index < -0.39 is 5.25 Å². The first-order valence-electron chi connectivity index (χ1n) is 3.62. The van der Waals surface area contributed by atoms with Crippen LogP contribution in [0, 0.1) is 5.92 Å². The van der Waals surface area contributed by atoms with E-state index in [1.165, 1.54) is 7.05 Å². The van der Waals surface area contributed by atoms with E-state index in [9.17, 15) is 14.4 Å².